The van der Waals surface area contributed by atoms with Gasteiger partial charge in [-0.15, -0.1) is 0 Å². The van der Waals surface area contributed by atoms with E-state index in [2.05, 4.69) is 5.48 Å². The normalized spacial score (nSPS) is 12.1. The second-order valence-electron chi connectivity index (χ2n) is 8.74. The number of amides is 2. The first-order valence-electron chi connectivity index (χ1n) is 10.9. The van der Waals surface area contributed by atoms with Gasteiger partial charge in [0.15, 0.2) is 0 Å². The van der Waals surface area contributed by atoms with Crippen LogP contribution in [0.5, 0.6) is 5.75 Å². The molecule has 0 spiro atoms. The van der Waals surface area contributed by atoms with Gasteiger partial charge in [-0.25, -0.2) is 10.3 Å². The summed E-state index contributed by atoms with van der Waals surface area (Å²) in [7, 11) is 0. The number of carbonyl (C=O) groups is 2. The molecule has 0 heterocycles. The number of aromatic hydroxyl groups is 1. The minimum Gasteiger partial charge on any atom is -0.508 e. The molecule has 0 aromatic heterocycles. The third kappa shape index (κ3) is 8.98. The first kappa shape index (κ1) is 25.2. The molecule has 0 saturated carbocycles. The molecule has 7 heteroatoms. The molecule has 0 saturated heterocycles. The standard InChI is InChI=1S/C25H34N2O5/c1-19(14-15-21-12-8-9-13-22(21)28)27(24(30)32-25(2,3)4)17-16-23(29)26-31-18-20-10-6-5-7-11-20/h5-13,19,28H,14-18H2,1-4H3,(H,26,29)/t19-/m1/s1. The summed E-state index contributed by atoms with van der Waals surface area (Å²) >= 11 is 0. The van der Waals surface area contributed by atoms with Crippen molar-refractivity contribution in [1.29, 1.82) is 0 Å². The zero-order chi connectivity index (χ0) is 23.6. The lowest BCUT2D eigenvalue weighted by molar-refractivity contribution is -0.134. The van der Waals surface area contributed by atoms with Gasteiger partial charge in [-0.1, -0.05) is 48.5 Å². The fraction of sp³-hybridized carbons (Fsp3) is 0.440. The van der Waals surface area contributed by atoms with Crippen LogP contribution in [0.3, 0.4) is 0 Å². The van der Waals surface area contributed by atoms with Crippen molar-refractivity contribution in [1.82, 2.24) is 10.4 Å². The molecule has 0 bridgehead atoms. The van der Waals surface area contributed by atoms with Crippen molar-refractivity contribution in [3.05, 3.63) is 65.7 Å². The van der Waals surface area contributed by atoms with Crippen LogP contribution < -0.4 is 5.48 Å². The van der Waals surface area contributed by atoms with Crippen molar-refractivity contribution in [3.63, 3.8) is 0 Å². The zero-order valence-electron chi connectivity index (χ0n) is 19.3. The topological polar surface area (TPSA) is 88.1 Å². The van der Waals surface area contributed by atoms with Crippen LogP contribution in [0.25, 0.3) is 0 Å². The Kier molecular flexibility index (Phi) is 9.53. The number of carbonyl (C=O) groups excluding carboxylic acids is 2. The lowest BCUT2D eigenvalue weighted by Gasteiger charge is -2.31. The Morgan fingerprint density at radius 2 is 1.72 bits per heavy atom. The summed E-state index contributed by atoms with van der Waals surface area (Å²) in [6, 6.07) is 16.5. The Morgan fingerprint density at radius 3 is 2.38 bits per heavy atom. The number of hydrogen-bond acceptors (Lipinski definition) is 5. The maximum atomic E-state index is 12.8. The van der Waals surface area contributed by atoms with Gasteiger partial charge in [0, 0.05) is 19.0 Å². The summed E-state index contributed by atoms with van der Waals surface area (Å²) in [6.07, 6.45) is 0.817. The number of para-hydroxylation sites is 1. The lowest BCUT2D eigenvalue weighted by Crippen LogP contribution is -2.44. The highest BCUT2D eigenvalue weighted by Gasteiger charge is 2.26. The predicted octanol–water partition coefficient (Wildman–Crippen LogP) is 4.59. The van der Waals surface area contributed by atoms with E-state index in [0.29, 0.717) is 12.8 Å². The molecule has 0 aliphatic rings. The number of benzene rings is 2. The van der Waals surface area contributed by atoms with Crippen molar-refractivity contribution in [3.8, 4) is 5.75 Å². The molecular weight excluding hydrogens is 408 g/mol. The van der Waals surface area contributed by atoms with E-state index in [0.717, 1.165) is 11.1 Å². The van der Waals surface area contributed by atoms with Crippen molar-refractivity contribution in [2.24, 2.45) is 0 Å². The van der Waals surface area contributed by atoms with Gasteiger partial charge in [0.05, 0.1) is 6.61 Å². The van der Waals surface area contributed by atoms with Crippen molar-refractivity contribution in [2.45, 2.75) is 65.2 Å². The number of hydroxylamine groups is 1. The summed E-state index contributed by atoms with van der Waals surface area (Å²) in [4.78, 5) is 31.9. The fourth-order valence-electron chi connectivity index (χ4n) is 3.10. The van der Waals surface area contributed by atoms with Crippen LogP contribution in [0.1, 0.15) is 51.7 Å². The SMILES string of the molecule is C[C@H](CCc1ccccc1O)N(CCC(=O)NOCc1ccccc1)C(=O)OC(C)(C)C. The number of rotatable bonds is 10. The zero-order valence-corrected chi connectivity index (χ0v) is 19.3. The number of phenolic OH excluding ortho intramolecular Hbond substituents is 1. The first-order valence-corrected chi connectivity index (χ1v) is 10.9. The summed E-state index contributed by atoms with van der Waals surface area (Å²) < 4.78 is 5.54. The van der Waals surface area contributed by atoms with E-state index < -0.39 is 11.7 Å². The number of aryl methyl sites for hydroxylation is 1. The van der Waals surface area contributed by atoms with Crippen LogP contribution in [0.4, 0.5) is 4.79 Å². The molecule has 1 atom stereocenters. The van der Waals surface area contributed by atoms with Gasteiger partial charge in [0.1, 0.15) is 11.4 Å². The Bertz CT molecular complexity index is 864. The summed E-state index contributed by atoms with van der Waals surface area (Å²) in [5, 5.41) is 9.99. The van der Waals surface area contributed by atoms with Gasteiger partial charge in [0.25, 0.3) is 0 Å². The highest BCUT2D eigenvalue weighted by atomic mass is 16.6. The van der Waals surface area contributed by atoms with Crippen LogP contribution in [-0.4, -0.2) is 40.2 Å². The van der Waals surface area contributed by atoms with E-state index in [1.54, 1.807) is 37.8 Å². The summed E-state index contributed by atoms with van der Waals surface area (Å²) in [5.41, 5.74) is 3.54. The number of nitrogens with zero attached hydrogens (tertiary/aromatic N) is 1. The molecule has 2 aromatic carbocycles. The quantitative estimate of drug-likeness (QED) is 0.526. The maximum absolute atomic E-state index is 12.8. The number of hydrogen-bond donors (Lipinski definition) is 2. The number of phenols is 1. The monoisotopic (exact) mass is 442 g/mol. The van der Waals surface area contributed by atoms with Crippen molar-refractivity contribution in [2.75, 3.05) is 6.54 Å². The van der Waals surface area contributed by atoms with Gasteiger partial charge in [-0.05, 0) is 57.7 Å². The summed E-state index contributed by atoms with van der Waals surface area (Å²) in [6.45, 7) is 7.78. The van der Waals surface area contributed by atoms with Crippen molar-refractivity contribution < 1.29 is 24.3 Å². The third-order valence-corrected chi connectivity index (χ3v) is 4.83. The third-order valence-electron chi connectivity index (χ3n) is 4.83. The number of nitrogens with one attached hydrogen (secondary N) is 1. The molecule has 0 aliphatic heterocycles. The van der Waals surface area contributed by atoms with Crippen LogP contribution in [-0.2, 0) is 27.4 Å². The largest absolute Gasteiger partial charge is 0.508 e. The fourth-order valence-corrected chi connectivity index (χ4v) is 3.10. The molecule has 2 N–H and O–H groups in total. The van der Waals surface area contributed by atoms with E-state index in [-0.39, 0.29) is 37.3 Å². The van der Waals surface area contributed by atoms with Crippen LogP contribution in [0, 0.1) is 0 Å². The Hall–Kier alpha value is -3.06. The second-order valence-corrected chi connectivity index (χ2v) is 8.74. The smallest absolute Gasteiger partial charge is 0.410 e. The molecule has 174 valence electrons. The highest BCUT2D eigenvalue weighted by molar-refractivity contribution is 5.76. The minimum atomic E-state index is -0.645. The molecule has 0 aliphatic carbocycles. The van der Waals surface area contributed by atoms with Gasteiger partial charge >= 0.3 is 6.09 Å². The van der Waals surface area contributed by atoms with Gasteiger partial charge < -0.3 is 14.7 Å². The van der Waals surface area contributed by atoms with Crippen LogP contribution >= 0.6 is 0 Å². The Labute approximate surface area is 190 Å². The minimum absolute atomic E-state index is 0.0783. The van der Waals surface area contributed by atoms with Crippen LogP contribution in [0.2, 0.25) is 0 Å². The molecule has 0 radical (unpaired) electrons. The highest BCUT2D eigenvalue weighted by Crippen LogP contribution is 2.20. The molecular formula is C25H34N2O5. The average Bonchev–Trinajstić information content (AvgIpc) is 2.73. The Balaban J connectivity index is 1.91. The molecule has 2 aromatic rings. The van der Waals surface area contributed by atoms with Gasteiger partial charge in [0.2, 0.25) is 5.91 Å². The van der Waals surface area contributed by atoms with E-state index >= 15 is 0 Å². The van der Waals surface area contributed by atoms with Gasteiger partial charge in [-0.3, -0.25) is 9.63 Å². The molecule has 32 heavy (non-hydrogen) atoms. The summed E-state index contributed by atoms with van der Waals surface area (Å²) in [5.74, 6) is -0.0825. The van der Waals surface area contributed by atoms with E-state index in [1.807, 2.05) is 49.4 Å². The van der Waals surface area contributed by atoms with E-state index in [1.165, 1.54) is 0 Å². The predicted molar refractivity (Wildman–Crippen MR) is 123 cm³/mol. The van der Waals surface area contributed by atoms with Gasteiger partial charge in [-0.2, -0.15) is 0 Å². The molecule has 0 unspecified atom stereocenters. The lowest BCUT2D eigenvalue weighted by atomic mass is 10.0. The maximum Gasteiger partial charge on any atom is 0.410 e. The molecule has 2 amide bonds. The molecule has 0 fully saturated rings. The van der Waals surface area contributed by atoms with E-state index in [9.17, 15) is 14.7 Å². The number of ether oxygens (including phenoxy) is 1. The van der Waals surface area contributed by atoms with Crippen molar-refractivity contribution >= 4 is 12.0 Å². The van der Waals surface area contributed by atoms with E-state index in [4.69, 9.17) is 9.57 Å². The molecule has 2 rings (SSSR count). The Morgan fingerprint density at radius 1 is 1.06 bits per heavy atom. The average molecular weight is 443 g/mol. The second kappa shape index (κ2) is 12.1. The first-order chi connectivity index (χ1) is 15.2. The molecule has 7 nitrogen and oxygen atoms in total. The van der Waals surface area contributed by atoms with Crippen LogP contribution in [0.15, 0.2) is 54.6 Å².